The number of carbonyl (C=O) groups is 1. The van der Waals surface area contributed by atoms with E-state index in [0.717, 1.165) is 31.5 Å². The molecule has 1 aromatic heterocycles. The number of rotatable bonds is 5. The summed E-state index contributed by atoms with van der Waals surface area (Å²) in [6, 6.07) is 2.27. The van der Waals surface area contributed by atoms with E-state index in [1.807, 2.05) is 24.9 Å². The van der Waals surface area contributed by atoms with Gasteiger partial charge in [0, 0.05) is 19.6 Å². The Morgan fingerprint density at radius 1 is 1.65 bits per heavy atom. The van der Waals surface area contributed by atoms with Gasteiger partial charge in [0.25, 0.3) is 5.91 Å². The molecular formula is C12H20N4O. The van der Waals surface area contributed by atoms with Crippen LogP contribution in [-0.4, -0.2) is 39.7 Å². The Balaban J connectivity index is 2.12. The number of nitrogens with zero attached hydrogens (tertiary/aromatic N) is 3. The van der Waals surface area contributed by atoms with Crippen molar-refractivity contribution in [1.82, 2.24) is 14.7 Å². The van der Waals surface area contributed by atoms with E-state index in [4.69, 9.17) is 5.73 Å². The third-order valence-electron chi connectivity index (χ3n) is 3.07. The fraction of sp³-hybridized carbons (Fsp3) is 0.667. The molecule has 1 fully saturated rings. The molecule has 2 rings (SSSR count). The first-order valence-corrected chi connectivity index (χ1v) is 6.15. The molecule has 94 valence electrons. The first-order chi connectivity index (χ1) is 8.13. The molecular weight excluding hydrogens is 216 g/mol. The molecule has 0 spiro atoms. The minimum Gasteiger partial charge on any atom is -0.334 e. The van der Waals surface area contributed by atoms with Crippen LogP contribution < -0.4 is 5.73 Å². The van der Waals surface area contributed by atoms with Crippen molar-refractivity contribution in [3.8, 4) is 0 Å². The molecule has 0 atom stereocenters. The van der Waals surface area contributed by atoms with Crippen LogP contribution in [0.4, 0.5) is 0 Å². The van der Waals surface area contributed by atoms with Crippen LogP contribution in [0.3, 0.4) is 0 Å². The van der Waals surface area contributed by atoms with E-state index in [2.05, 4.69) is 5.10 Å². The Morgan fingerprint density at radius 2 is 2.35 bits per heavy atom. The maximum absolute atomic E-state index is 12.4. The highest BCUT2D eigenvalue weighted by Crippen LogP contribution is 2.28. The summed E-state index contributed by atoms with van der Waals surface area (Å²) in [5.74, 6) is 0.0871. The average Bonchev–Trinajstić information content (AvgIpc) is 3.05. The smallest absolute Gasteiger partial charge is 0.272 e. The van der Waals surface area contributed by atoms with E-state index in [-0.39, 0.29) is 5.91 Å². The zero-order valence-corrected chi connectivity index (χ0v) is 10.5. The highest BCUT2D eigenvalue weighted by Gasteiger charge is 2.33. The zero-order valence-electron chi connectivity index (χ0n) is 10.5. The molecule has 17 heavy (non-hydrogen) atoms. The van der Waals surface area contributed by atoms with Gasteiger partial charge in [0.05, 0.1) is 5.69 Å². The van der Waals surface area contributed by atoms with Crippen molar-refractivity contribution in [2.24, 2.45) is 12.8 Å². The summed E-state index contributed by atoms with van der Waals surface area (Å²) in [6.07, 6.45) is 3.10. The Kier molecular flexibility index (Phi) is 3.47. The number of hydrogen-bond donors (Lipinski definition) is 1. The van der Waals surface area contributed by atoms with Gasteiger partial charge >= 0.3 is 0 Å². The van der Waals surface area contributed by atoms with Crippen molar-refractivity contribution in [2.75, 3.05) is 13.1 Å². The molecule has 0 aromatic carbocycles. The van der Waals surface area contributed by atoms with E-state index >= 15 is 0 Å². The van der Waals surface area contributed by atoms with Gasteiger partial charge in [-0.2, -0.15) is 5.10 Å². The molecule has 1 aromatic rings. The third-order valence-corrected chi connectivity index (χ3v) is 3.07. The minimum atomic E-state index is 0.0871. The summed E-state index contributed by atoms with van der Waals surface area (Å²) in [5.41, 5.74) is 7.07. The van der Waals surface area contributed by atoms with Crippen molar-refractivity contribution in [2.45, 2.75) is 32.2 Å². The Hall–Kier alpha value is -1.36. The van der Waals surface area contributed by atoms with Crippen LogP contribution in [0.2, 0.25) is 0 Å². The SMILES string of the molecule is Cc1cc(C(=O)N(CCCN)C2CC2)n(C)n1. The predicted molar refractivity (Wildman–Crippen MR) is 65.7 cm³/mol. The van der Waals surface area contributed by atoms with Crippen LogP contribution in [0.5, 0.6) is 0 Å². The fourth-order valence-corrected chi connectivity index (χ4v) is 2.06. The molecule has 1 aliphatic rings. The van der Waals surface area contributed by atoms with Gasteiger partial charge in [-0.15, -0.1) is 0 Å². The highest BCUT2D eigenvalue weighted by molar-refractivity contribution is 5.93. The van der Waals surface area contributed by atoms with Gasteiger partial charge < -0.3 is 10.6 Å². The lowest BCUT2D eigenvalue weighted by Gasteiger charge is -2.21. The molecule has 1 heterocycles. The number of hydrogen-bond acceptors (Lipinski definition) is 3. The van der Waals surface area contributed by atoms with Crippen molar-refractivity contribution in [3.05, 3.63) is 17.5 Å². The van der Waals surface area contributed by atoms with Crippen molar-refractivity contribution in [3.63, 3.8) is 0 Å². The van der Waals surface area contributed by atoms with Crippen molar-refractivity contribution >= 4 is 5.91 Å². The number of amides is 1. The summed E-state index contributed by atoms with van der Waals surface area (Å²) in [7, 11) is 1.81. The average molecular weight is 236 g/mol. The second kappa shape index (κ2) is 4.87. The van der Waals surface area contributed by atoms with Gasteiger partial charge in [-0.1, -0.05) is 0 Å². The molecule has 0 aliphatic heterocycles. The molecule has 0 radical (unpaired) electrons. The fourth-order valence-electron chi connectivity index (χ4n) is 2.06. The summed E-state index contributed by atoms with van der Waals surface area (Å²) in [6.45, 7) is 3.28. The Morgan fingerprint density at radius 3 is 2.82 bits per heavy atom. The lowest BCUT2D eigenvalue weighted by molar-refractivity contribution is 0.0731. The number of aromatic nitrogens is 2. The van der Waals surface area contributed by atoms with E-state index in [9.17, 15) is 4.79 Å². The maximum Gasteiger partial charge on any atom is 0.272 e. The Labute approximate surface area is 102 Å². The number of nitrogens with two attached hydrogens (primary N) is 1. The van der Waals surface area contributed by atoms with E-state index < -0.39 is 0 Å². The number of aryl methyl sites for hydroxylation is 2. The molecule has 2 N–H and O–H groups in total. The third kappa shape index (κ3) is 2.66. The molecule has 0 unspecified atom stereocenters. The van der Waals surface area contributed by atoms with E-state index in [0.29, 0.717) is 18.3 Å². The molecule has 1 amide bonds. The zero-order chi connectivity index (χ0) is 12.4. The van der Waals surface area contributed by atoms with Crippen LogP contribution in [0.15, 0.2) is 6.07 Å². The highest BCUT2D eigenvalue weighted by atomic mass is 16.2. The van der Waals surface area contributed by atoms with Crippen LogP contribution in [0.25, 0.3) is 0 Å². The standard InChI is InChI=1S/C12H20N4O/c1-9-8-11(15(2)14-9)12(17)16(7-3-6-13)10-4-5-10/h8,10H,3-7,13H2,1-2H3. The molecule has 5 nitrogen and oxygen atoms in total. The molecule has 1 aliphatic carbocycles. The molecule has 0 bridgehead atoms. The summed E-state index contributed by atoms with van der Waals surface area (Å²) in [5, 5.41) is 4.22. The van der Waals surface area contributed by atoms with Gasteiger partial charge in [0.1, 0.15) is 5.69 Å². The summed E-state index contributed by atoms with van der Waals surface area (Å²) in [4.78, 5) is 14.3. The molecule has 1 saturated carbocycles. The van der Waals surface area contributed by atoms with Crippen LogP contribution >= 0.6 is 0 Å². The van der Waals surface area contributed by atoms with Crippen molar-refractivity contribution in [1.29, 1.82) is 0 Å². The van der Waals surface area contributed by atoms with Crippen molar-refractivity contribution < 1.29 is 4.79 Å². The largest absolute Gasteiger partial charge is 0.334 e. The second-order valence-electron chi connectivity index (χ2n) is 4.67. The summed E-state index contributed by atoms with van der Waals surface area (Å²) >= 11 is 0. The van der Waals surface area contributed by atoms with Gasteiger partial charge in [-0.3, -0.25) is 9.48 Å². The van der Waals surface area contributed by atoms with Gasteiger partial charge in [0.2, 0.25) is 0 Å². The van der Waals surface area contributed by atoms with E-state index in [1.54, 1.807) is 4.68 Å². The van der Waals surface area contributed by atoms with Gasteiger partial charge in [-0.25, -0.2) is 0 Å². The van der Waals surface area contributed by atoms with E-state index in [1.165, 1.54) is 0 Å². The quantitative estimate of drug-likeness (QED) is 0.817. The first-order valence-electron chi connectivity index (χ1n) is 6.15. The lowest BCUT2D eigenvalue weighted by atomic mass is 10.3. The monoisotopic (exact) mass is 236 g/mol. The number of carbonyl (C=O) groups excluding carboxylic acids is 1. The predicted octanol–water partition coefficient (Wildman–Crippen LogP) is 0.682. The Bertz CT molecular complexity index is 409. The molecule has 5 heteroatoms. The molecule has 0 saturated heterocycles. The lowest BCUT2D eigenvalue weighted by Crippen LogP contribution is -2.36. The van der Waals surface area contributed by atoms with Gasteiger partial charge in [0.15, 0.2) is 0 Å². The normalized spacial score (nSPS) is 15.0. The van der Waals surface area contributed by atoms with Crippen LogP contribution in [-0.2, 0) is 7.05 Å². The maximum atomic E-state index is 12.4. The van der Waals surface area contributed by atoms with Crippen LogP contribution in [0.1, 0.15) is 35.4 Å². The van der Waals surface area contributed by atoms with Gasteiger partial charge in [-0.05, 0) is 38.8 Å². The second-order valence-corrected chi connectivity index (χ2v) is 4.67. The topological polar surface area (TPSA) is 64.2 Å². The van der Waals surface area contributed by atoms with Crippen LogP contribution in [0, 0.1) is 6.92 Å². The first kappa shape index (κ1) is 12.1. The minimum absolute atomic E-state index is 0.0871. The summed E-state index contributed by atoms with van der Waals surface area (Å²) < 4.78 is 1.66.